The Bertz CT molecular complexity index is 1400. The smallest absolute Gasteiger partial charge is 0.131 e. The second-order valence-electron chi connectivity index (χ2n) is 6.85. The molecular weight excluding hydrogens is 528 g/mol. The largest absolute Gasteiger partial charge is 0.355 e. The van der Waals surface area contributed by atoms with E-state index in [1.807, 2.05) is 48.5 Å². The number of nitrogens with zero attached hydrogens (tertiary/aromatic N) is 4. The molecule has 0 radical (unpaired) electrons. The average molecular weight is 542 g/mol. The van der Waals surface area contributed by atoms with Gasteiger partial charge >= 0.3 is 0 Å². The molecule has 0 aliphatic heterocycles. The van der Waals surface area contributed by atoms with Gasteiger partial charge in [0.2, 0.25) is 0 Å². The van der Waals surface area contributed by atoms with Gasteiger partial charge in [-0.25, -0.2) is 14.1 Å². The normalized spacial score (nSPS) is 11.1. The number of nitrogens with one attached hydrogen (secondary N) is 1. The quantitative estimate of drug-likeness (QED) is 0.260. The number of benzene rings is 3. The van der Waals surface area contributed by atoms with E-state index in [9.17, 15) is 4.39 Å². The highest BCUT2D eigenvalue weighted by Gasteiger charge is 2.10. The lowest BCUT2D eigenvalue weighted by Gasteiger charge is -2.11. The number of halogens is 3. The van der Waals surface area contributed by atoms with Crippen molar-refractivity contribution in [2.45, 2.75) is 0 Å². The summed E-state index contributed by atoms with van der Waals surface area (Å²) in [6, 6.07) is 21.7. The minimum Gasteiger partial charge on any atom is -0.355 e. The third kappa shape index (κ3) is 4.11. The molecule has 5 rings (SSSR count). The summed E-state index contributed by atoms with van der Waals surface area (Å²) in [4.78, 5) is 4.76. The van der Waals surface area contributed by atoms with E-state index >= 15 is 0 Å². The fourth-order valence-corrected chi connectivity index (χ4v) is 3.87. The lowest BCUT2D eigenvalue weighted by molar-refractivity contribution is 0.626. The Morgan fingerprint density at radius 1 is 0.935 bits per heavy atom. The van der Waals surface area contributed by atoms with Gasteiger partial charge in [-0.3, -0.25) is 0 Å². The number of anilines is 2. The van der Waals surface area contributed by atoms with Crippen molar-refractivity contribution in [3.05, 3.63) is 93.4 Å². The van der Waals surface area contributed by atoms with E-state index in [4.69, 9.17) is 16.6 Å². The van der Waals surface area contributed by atoms with Crippen molar-refractivity contribution in [3.8, 4) is 17.1 Å². The van der Waals surface area contributed by atoms with Crippen LogP contribution in [0.25, 0.3) is 28.0 Å². The number of hydrogen-bond donors (Lipinski definition) is 1. The topological polar surface area (TPSA) is 55.6 Å². The van der Waals surface area contributed by atoms with Gasteiger partial charge in [-0.05, 0) is 89.3 Å². The number of hydrogen-bond acceptors (Lipinski definition) is 4. The summed E-state index contributed by atoms with van der Waals surface area (Å²) in [5.41, 5.74) is 4.81. The molecule has 0 saturated carbocycles. The van der Waals surface area contributed by atoms with Gasteiger partial charge in [0.25, 0.3) is 0 Å². The van der Waals surface area contributed by atoms with Crippen molar-refractivity contribution in [2.24, 2.45) is 0 Å². The molecule has 152 valence electrons. The first kappa shape index (κ1) is 19.9. The van der Waals surface area contributed by atoms with Crippen LogP contribution >= 0.6 is 34.2 Å². The molecule has 8 heteroatoms. The molecule has 0 aliphatic carbocycles. The van der Waals surface area contributed by atoms with Crippen molar-refractivity contribution in [1.82, 2.24) is 20.0 Å². The summed E-state index contributed by atoms with van der Waals surface area (Å²) < 4.78 is 15.7. The minimum absolute atomic E-state index is 0.294. The van der Waals surface area contributed by atoms with Gasteiger partial charge in [-0.1, -0.05) is 22.9 Å². The Labute approximate surface area is 196 Å². The van der Waals surface area contributed by atoms with Crippen LogP contribution < -0.4 is 5.32 Å². The summed E-state index contributed by atoms with van der Waals surface area (Å²) in [7, 11) is 0. The van der Waals surface area contributed by atoms with Crippen LogP contribution in [-0.2, 0) is 0 Å². The molecule has 1 N–H and O–H groups in total. The van der Waals surface area contributed by atoms with E-state index in [2.05, 4.69) is 38.2 Å². The zero-order valence-electron chi connectivity index (χ0n) is 15.9. The summed E-state index contributed by atoms with van der Waals surface area (Å²) in [6.45, 7) is 0. The third-order valence-corrected chi connectivity index (χ3v) is 6.32. The first-order valence-electron chi connectivity index (χ1n) is 9.37. The zero-order valence-corrected chi connectivity index (χ0v) is 18.8. The van der Waals surface area contributed by atoms with Crippen LogP contribution in [0, 0.1) is 9.39 Å². The fourth-order valence-electron chi connectivity index (χ4n) is 3.24. The van der Waals surface area contributed by atoms with Crippen molar-refractivity contribution in [3.63, 3.8) is 0 Å². The standard InChI is InChI=1S/C23H14ClFIN5/c24-18-10-6-15(12-19(18)26)27-20-2-1-3-21-17(20)9-11-22(28-21)23-13-31(30-29-23)16-7-4-14(25)5-8-16/h1-13,27H. The first-order chi connectivity index (χ1) is 15.1. The third-order valence-electron chi connectivity index (χ3n) is 4.78. The van der Waals surface area contributed by atoms with Crippen LogP contribution in [0.15, 0.2) is 79.0 Å². The molecular formula is C23H14ClFIN5. The number of aromatic nitrogens is 4. The highest BCUT2D eigenvalue weighted by Crippen LogP contribution is 2.29. The van der Waals surface area contributed by atoms with E-state index < -0.39 is 0 Å². The minimum atomic E-state index is -0.294. The maximum Gasteiger partial charge on any atom is 0.131 e. The van der Waals surface area contributed by atoms with Gasteiger partial charge in [0.1, 0.15) is 11.5 Å². The molecule has 0 saturated heterocycles. The molecule has 0 amide bonds. The molecule has 31 heavy (non-hydrogen) atoms. The van der Waals surface area contributed by atoms with Crippen molar-refractivity contribution < 1.29 is 4.39 Å². The van der Waals surface area contributed by atoms with Gasteiger partial charge < -0.3 is 5.32 Å². The molecule has 3 aromatic carbocycles. The molecule has 0 spiro atoms. The molecule has 0 bridgehead atoms. The zero-order chi connectivity index (χ0) is 21.4. The average Bonchev–Trinajstić information content (AvgIpc) is 3.27. The lowest BCUT2D eigenvalue weighted by Crippen LogP contribution is -1.94. The Hall–Kier alpha value is -3.04. The first-order valence-corrected chi connectivity index (χ1v) is 10.8. The Kier molecular flexibility index (Phi) is 5.29. The van der Waals surface area contributed by atoms with Crippen molar-refractivity contribution in [2.75, 3.05) is 5.32 Å². The lowest BCUT2D eigenvalue weighted by atomic mass is 10.1. The monoisotopic (exact) mass is 541 g/mol. The van der Waals surface area contributed by atoms with Crippen LogP contribution in [0.3, 0.4) is 0 Å². The maximum atomic E-state index is 13.2. The predicted octanol–water partition coefficient (Wildman–Crippen LogP) is 6.62. The van der Waals surface area contributed by atoms with Crippen molar-refractivity contribution >= 4 is 56.5 Å². The van der Waals surface area contributed by atoms with E-state index in [1.54, 1.807) is 23.0 Å². The molecule has 2 heterocycles. The van der Waals surface area contributed by atoms with Gasteiger partial charge in [-0.15, -0.1) is 5.10 Å². The van der Waals surface area contributed by atoms with Crippen LogP contribution in [-0.4, -0.2) is 20.0 Å². The SMILES string of the molecule is Fc1ccc(-n2cc(-c3ccc4c(Nc5ccc(Cl)c(I)c5)cccc4n3)nn2)cc1. The van der Waals surface area contributed by atoms with Gasteiger partial charge in [-0.2, -0.15) is 0 Å². The molecule has 0 fully saturated rings. The number of rotatable bonds is 4. The number of pyridine rings is 1. The molecule has 0 aliphatic rings. The van der Waals surface area contributed by atoms with Gasteiger partial charge in [0, 0.05) is 20.3 Å². The molecule has 2 aromatic heterocycles. The number of fused-ring (bicyclic) bond motifs is 1. The Morgan fingerprint density at radius 2 is 1.77 bits per heavy atom. The second-order valence-corrected chi connectivity index (χ2v) is 8.42. The summed E-state index contributed by atoms with van der Waals surface area (Å²) in [6.07, 6.45) is 1.78. The van der Waals surface area contributed by atoms with Crippen LogP contribution in [0.2, 0.25) is 5.02 Å². The highest BCUT2D eigenvalue weighted by atomic mass is 127. The molecule has 0 atom stereocenters. The van der Waals surface area contributed by atoms with Crippen LogP contribution in [0.1, 0.15) is 0 Å². The van der Waals surface area contributed by atoms with E-state index in [0.717, 1.165) is 36.6 Å². The predicted molar refractivity (Wildman–Crippen MR) is 130 cm³/mol. The van der Waals surface area contributed by atoms with Crippen LogP contribution in [0.5, 0.6) is 0 Å². The highest BCUT2D eigenvalue weighted by molar-refractivity contribution is 14.1. The molecule has 5 nitrogen and oxygen atoms in total. The van der Waals surface area contributed by atoms with Gasteiger partial charge in [0.05, 0.1) is 28.1 Å². The van der Waals surface area contributed by atoms with Crippen molar-refractivity contribution in [1.29, 1.82) is 0 Å². The van der Waals surface area contributed by atoms with E-state index in [0.29, 0.717) is 11.4 Å². The van der Waals surface area contributed by atoms with E-state index in [1.165, 1.54) is 12.1 Å². The molecule has 0 unspecified atom stereocenters. The Balaban J connectivity index is 1.47. The second kappa shape index (κ2) is 8.24. The Morgan fingerprint density at radius 3 is 2.58 bits per heavy atom. The summed E-state index contributed by atoms with van der Waals surface area (Å²) in [5, 5.41) is 13.5. The molecule has 5 aromatic rings. The maximum absolute atomic E-state index is 13.2. The van der Waals surface area contributed by atoms with Crippen LogP contribution in [0.4, 0.5) is 15.8 Å². The fraction of sp³-hybridized carbons (Fsp3) is 0. The summed E-state index contributed by atoms with van der Waals surface area (Å²) >= 11 is 8.34. The summed E-state index contributed by atoms with van der Waals surface area (Å²) in [5.74, 6) is -0.294. The van der Waals surface area contributed by atoms with E-state index in [-0.39, 0.29) is 5.82 Å². The van der Waals surface area contributed by atoms with Gasteiger partial charge in [0.15, 0.2) is 0 Å².